The zero-order chi connectivity index (χ0) is 13.8. The molecule has 2 aromatic rings. The van der Waals surface area contributed by atoms with Crippen LogP contribution in [-0.4, -0.2) is 18.4 Å². The highest BCUT2D eigenvalue weighted by Gasteiger charge is 2.21. The molecule has 2 aromatic carbocycles. The van der Waals surface area contributed by atoms with Crippen molar-refractivity contribution in [3.05, 3.63) is 60.2 Å². The Morgan fingerprint density at radius 3 is 2.35 bits per heavy atom. The molecule has 0 aromatic heterocycles. The first kappa shape index (κ1) is 13.1. The van der Waals surface area contributed by atoms with Crippen LogP contribution in [0.15, 0.2) is 54.6 Å². The molecule has 20 heavy (non-hydrogen) atoms. The van der Waals surface area contributed by atoms with Gasteiger partial charge in [0.25, 0.3) is 0 Å². The van der Waals surface area contributed by atoms with Crippen molar-refractivity contribution >= 4 is 5.78 Å². The number of Topliss-reactive ketones (excluding diaryl/α,β-unsaturated/α-hetero) is 1. The van der Waals surface area contributed by atoms with Crippen LogP contribution in [-0.2, 0) is 11.2 Å². The van der Waals surface area contributed by atoms with Crippen molar-refractivity contribution < 1.29 is 4.79 Å². The van der Waals surface area contributed by atoms with E-state index >= 15 is 0 Å². The van der Waals surface area contributed by atoms with E-state index in [1.54, 1.807) is 0 Å². The van der Waals surface area contributed by atoms with E-state index in [9.17, 15) is 4.79 Å². The van der Waals surface area contributed by atoms with Gasteiger partial charge in [-0.25, -0.2) is 0 Å². The summed E-state index contributed by atoms with van der Waals surface area (Å²) in [4.78, 5) is 12.1. The SMILES string of the molecule is O=C(Cc1ccc(-c2ccccc2)cc1)C1CCCN1. The van der Waals surface area contributed by atoms with Gasteiger partial charge in [0, 0.05) is 6.42 Å². The monoisotopic (exact) mass is 265 g/mol. The van der Waals surface area contributed by atoms with Crippen molar-refractivity contribution in [2.75, 3.05) is 6.54 Å². The van der Waals surface area contributed by atoms with Crippen molar-refractivity contribution in [1.82, 2.24) is 5.32 Å². The van der Waals surface area contributed by atoms with Crippen LogP contribution in [0.3, 0.4) is 0 Å². The number of rotatable bonds is 4. The van der Waals surface area contributed by atoms with Crippen molar-refractivity contribution in [3.8, 4) is 11.1 Å². The minimum absolute atomic E-state index is 0.0730. The van der Waals surface area contributed by atoms with E-state index in [1.165, 1.54) is 11.1 Å². The molecule has 0 saturated carbocycles. The average molecular weight is 265 g/mol. The molecule has 1 atom stereocenters. The molecule has 1 unspecified atom stereocenters. The van der Waals surface area contributed by atoms with E-state index in [2.05, 4.69) is 41.7 Å². The van der Waals surface area contributed by atoms with Gasteiger partial charge in [-0.2, -0.15) is 0 Å². The van der Waals surface area contributed by atoms with Crippen LogP contribution in [0.4, 0.5) is 0 Å². The quantitative estimate of drug-likeness (QED) is 0.919. The lowest BCUT2D eigenvalue weighted by atomic mass is 9.99. The molecule has 2 heteroatoms. The van der Waals surface area contributed by atoms with Crippen molar-refractivity contribution in [2.45, 2.75) is 25.3 Å². The van der Waals surface area contributed by atoms with Gasteiger partial charge in [0.2, 0.25) is 0 Å². The summed E-state index contributed by atoms with van der Waals surface area (Å²) in [6.45, 7) is 0.976. The number of hydrogen-bond acceptors (Lipinski definition) is 2. The molecule has 2 nitrogen and oxygen atoms in total. The molecule has 0 aliphatic carbocycles. The second-order valence-electron chi connectivity index (χ2n) is 5.35. The Hall–Kier alpha value is -1.93. The van der Waals surface area contributed by atoms with Gasteiger partial charge < -0.3 is 5.32 Å². The summed E-state index contributed by atoms with van der Waals surface area (Å²) in [5.74, 6) is 0.315. The van der Waals surface area contributed by atoms with Gasteiger partial charge in [-0.1, -0.05) is 54.6 Å². The van der Waals surface area contributed by atoms with Gasteiger partial charge in [0.1, 0.15) is 0 Å². The summed E-state index contributed by atoms with van der Waals surface area (Å²) in [5, 5.41) is 3.26. The molecule has 1 fully saturated rings. The zero-order valence-corrected chi connectivity index (χ0v) is 11.5. The summed E-state index contributed by atoms with van der Waals surface area (Å²) in [6, 6.07) is 18.7. The average Bonchev–Trinajstić information content (AvgIpc) is 3.03. The molecule has 1 aliphatic rings. The van der Waals surface area contributed by atoms with E-state index < -0.39 is 0 Å². The molecule has 1 aliphatic heterocycles. The van der Waals surface area contributed by atoms with Crippen molar-refractivity contribution in [1.29, 1.82) is 0 Å². The summed E-state index contributed by atoms with van der Waals surface area (Å²) >= 11 is 0. The maximum atomic E-state index is 12.1. The summed E-state index contributed by atoms with van der Waals surface area (Å²) in [5.41, 5.74) is 3.51. The third-order valence-electron chi connectivity index (χ3n) is 3.89. The van der Waals surface area contributed by atoms with Gasteiger partial charge in [0.05, 0.1) is 6.04 Å². The highest BCUT2D eigenvalue weighted by Crippen LogP contribution is 2.20. The lowest BCUT2D eigenvalue weighted by Crippen LogP contribution is -2.31. The number of ketones is 1. The maximum absolute atomic E-state index is 12.1. The molecule has 0 bridgehead atoms. The van der Waals surface area contributed by atoms with Crippen LogP contribution in [0.5, 0.6) is 0 Å². The highest BCUT2D eigenvalue weighted by atomic mass is 16.1. The summed E-state index contributed by atoms with van der Waals surface area (Å²) in [6.07, 6.45) is 2.64. The fraction of sp³-hybridized carbons (Fsp3) is 0.278. The summed E-state index contributed by atoms with van der Waals surface area (Å²) in [7, 11) is 0. The van der Waals surface area contributed by atoms with Gasteiger partial charge in [-0.15, -0.1) is 0 Å². The van der Waals surface area contributed by atoms with Crippen LogP contribution in [0.25, 0.3) is 11.1 Å². The molecule has 1 heterocycles. The molecular weight excluding hydrogens is 246 g/mol. The Morgan fingerprint density at radius 2 is 1.70 bits per heavy atom. The smallest absolute Gasteiger partial charge is 0.154 e. The molecule has 102 valence electrons. The van der Waals surface area contributed by atoms with E-state index in [0.29, 0.717) is 12.2 Å². The minimum Gasteiger partial charge on any atom is -0.307 e. The highest BCUT2D eigenvalue weighted by molar-refractivity contribution is 5.86. The van der Waals surface area contributed by atoms with Gasteiger partial charge in [-0.05, 0) is 36.1 Å². The zero-order valence-electron chi connectivity index (χ0n) is 11.5. The Balaban J connectivity index is 1.68. The lowest BCUT2D eigenvalue weighted by molar-refractivity contribution is -0.120. The van der Waals surface area contributed by atoms with Crippen LogP contribution < -0.4 is 5.32 Å². The standard InChI is InChI=1S/C18H19NO/c20-18(17-7-4-12-19-17)13-14-8-10-16(11-9-14)15-5-2-1-3-6-15/h1-3,5-6,8-11,17,19H,4,7,12-13H2. The van der Waals surface area contributed by atoms with Gasteiger partial charge in [-0.3, -0.25) is 4.79 Å². The lowest BCUT2D eigenvalue weighted by Gasteiger charge is -2.09. The maximum Gasteiger partial charge on any atom is 0.154 e. The Morgan fingerprint density at radius 1 is 1.00 bits per heavy atom. The number of nitrogens with one attached hydrogen (secondary N) is 1. The second kappa shape index (κ2) is 6.02. The fourth-order valence-electron chi connectivity index (χ4n) is 2.73. The topological polar surface area (TPSA) is 29.1 Å². The number of hydrogen-bond donors (Lipinski definition) is 1. The Kier molecular flexibility index (Phi) is 3.93. The van der Waals surface area contributed by atoms with Gasteiger partial charge >= 0.3 is 0 Å². The van der Waals surface area contributed by atoms with E-state index in [-0.39, 0.29) is 6.04 Å². The van der Waals surface area contributed by atoms with Crippen LogP contribution >= 0.6 is 0 Å². The predicted octanol–water partition coefficient (Wildman–Crippen LogP) is 3.22. The van der Waals surface area contributed by atoms with E-state index in [0.717, 1.165) is 24.9 Å². The normalized spacial score (nSPS) is 18.1. The molecule has 0 amide bonds. The first-order chi connectivity index (χ1) is 9.83. The second-order valence-corrected chi connectivity index (χ2v) is 5.35. The van der Waals surface area contributed by atoms with Gasteiger partial charge in [0.15, 0.2) is 5.78 Å². The summed E-state index contributed by atoms with van der Waals surface area (Å²) < 4.78 is 0. The fourth-order valence-corrected chi connectivity index (χ4v) is 2.73. The molecule has 1 saturated heterocycles. The Bertz CT molecular complexity index is 568. The number of benzene rings is 2. The van der Waals surface area contributed by atoms with Crippen molar-refractivity contribution in [2.24, 2.45) is 0 Å². The van der Waals surface area contributed by atoms with Crippen LogP contribution in [0.2, 0.25) is 0 Å². The molecule has 3 rings (SSSR count). The molecule has 1 N–H and O–H groups in total. The molecular formula is C18H19NO. The largest absolute Gasteiger partial charge is 0.307 e. The predicted molar refractivity (Wildman–Crippen MR) is 81.6 cm³/mol. The van der Waals surface area contributed by atoms with Crippen LogP contribution in [0.1, 0.15) is 18.4 Å². The molecule has 0 radical (unpaired) electrons. The van der Waals surface area contributed by atoms with Crippen LogP contribution in [0, 0.1) is 0 Å². The third kappa shape index (κ3) is 2.97. The number of carbonyl (C=O) groups excluding carboxylic acids is 1. The first-order valence-electron chi connectivity index (χ1n) is 7.23. The third-order valence-corrected chi connectivity index (χ3v) is 3.89. The van der Waals surface area contributed by atoms with E-state index in [1.807, 2.05) is 18.2 Å². The number of carbonyl (C=O) groups is 1. The molecule has 0 spiro atoms. The van der Waals surface area contributed by atoms with E-state index in [4.69, 9.17) is 0 Å². The van der Waals surface area contributed by atoms with Crippen molar-refractivity contribution in [3.63, 3.8) is 0 Å². The minimum atomic E-state index is 0.0730. The first-order valence-corrected chi connectivity index (χ1v) is 7.23. The Labute approximate surface area is 119 Å².